The number of benzene rings is 3. The fraction of sp³-hybridized carbons (Fsp3) is 0.371. The molecule has 0 saturated heterocycles. The molecular formula is C35H39NO5. The van der Waals surface area contributed by atoms with Crippen LogP contribution in [-0.4, -0.2) is 36.1 Å². The molecule has 4 aromatic rings. The van der Waals surface area contributed by atoms with Crippen LogP contribution in [0.25, 0.3) is 10.9 Å². The first kappa shape index (κ1) is 28.6. The number of aromatic nitrogens is 1. The topological polar surface area (TPSA) is 66.8 Å². The monoisotopic (exact) mass is 553 g/mol. The summed E-state index contributed by atoms with van der Waals surface area (Å²) in [5.74, 6) is 1.30. The van der Waals surface area contributed by atoms with E-state index in [4.69, 9.17) is 14.2 Å². The van der Waals surface area contributed by atoms with Crippen LogP contribution >= 0.6 is 0 Å². The third kappa shape index (κ3) is 7.44. The molecular weight excluding hydrogens is 514 g/mol. The third-order valence-corrected chi connectivity index (χ3v) is 7.56. The lowest BCUT2D eigenvalue weighted by Gasteiger charge is -2.20. The van der Waals surface area contributed by atoms with Crippen molar-refractivity contribution in [3.8, 4) is 5.75 Å². The van der Waals surface area contributed by atoms with Gasteiger partial charge >= 0.3 is 5.97 Å². The van der Waals surface area contributed by atoms with Crippen LogP contribution in [0.15, 0.2) is 79.0 Å². The second kappa shape index (κ2) is 13.6. The fourth-order valence-corrected chi connectivity index (χ4v) is 5.19. The van der Waals surface area contributed by atoms with E-state index in [0.29, 0.717) is 56.1 Å². The van der Waals surface area contributed by atoms with Crippen molar-refractivity contribution >= 4 is 22.7 Å². The van der Waals surface area contributed by atoms with E-state index >= 15 is 0 Å². The highest BCUT2D eigenvalue weighted by Crippen LogP contribution is 2.33. The smallest absolute Gasteiger partial charge is 0.305 e. The molecule has 214 valence electrons. The van der Waals surface area contributed by atoms with E-state index in [1.54, 1.807) is 6.92 Å². The van der Waals surface area contributed by atoms with Crippen LogP contribution in [0.2, 0.25) is 0 Å². The van der Waals surface area contributed by atoms with Crippen molar-refractivity contribution in [3.05, 3.63) is 101 Å². The van der Waals surface area contributed by atoms with Crippen LogP contribution in [0.4, 0.5) is 0 Å². The van der Waals surface area contributed by atoms with Gasteiger partial charge in [0, 0.05) is 47.8 Å². The van der Waals surface area contributed by atoms with Gasteiger partial charge in [-0.25, -0.2) is 0 Å². The summed E-state index contributed by atoms with van der Waals surface area (Å²) in [5.41, 5.74) is 4.66. The van der Waals surface area contributed by atoms with Gasteiger partial charge in [-0.15, -0.1) is 0 Å². The molecule has 1 fully saturated rings. The number of hydrogen-bond donors (Lipinski definition) is 0. The Bertz CT molecular complexity index is 1450. The van der Waals surface area contributed by atoms with Crippen molar-refractivity contribution in [1.82, 2.24) is 4.57 Å². The number of aryl methyl sites for hydroxylation is 1. The second-order valence-corrected chi connectivity index (χ2v) is 10.7. The highest BCUT2D eigenvalue weighted by atomic mass is 16.5. The predicted molar refractivity (Wildman–Crippen MR) is 160 cm³/mol. The Morgan fingerprint density at radius 3 is 2.39 bits per heavy atom. The number of carbonyl (C=O) groups is 2. The van der Waals surface area contributed by atoms with Crippen LogP contribution in [-0.2, 0) is 27.2 Å². The zero-order valence-corrected chi connectivity index (χ0v) is 24.0. The van der Waals surface area contributed by atoms with Crippen LogP contribution < -0.4 is 4.74 Å². The summed E-state index contributed by atoms with van der Waals surface area (Å²) < 4.78 is 19.2. The molecule has 1 heterocycles. The molecule has 0 aliphatic heterocycles. The molecule has 0 bridgehead atoms. The van der Waals surface area contributed by atoms with Crippen molar-refractivity contribution < 1.29 is 23.8 Å². The minimum atomic E-state index is -0.237. The fourth-order valence-electron chi connectivity index (χ4n) is 5.19. The zero-order chi connectivity index (χ0) is 28.6. The molecule has 1 saturated carbocycles. The summed E-state index contributed by atoms with van der Waals surface area (Å²) >= 11 is 0. The second-order valence-electron chi connectivity index (χ2n) is 10.7. The van der Waals surface area contributed by atoms with Gasteiger partial charge in [0.15, 0.2) is 5.78 Å². The molecule has 0 unspecified atom stereocenters. The number of ketones is 1. The minimum absolute atomic E-state index is 0.0472. The molecule has 1 aromatic heterocycles. The molecule has 6 nitrogen and oxygen atoms in total. The van der Waals surface area contributed by atoms with Gasteiger partial charge in [-0.1, -0.05) is 42.5 Å². The van der Waals surface area contributed by atoms with Crippen molar-refractivity contribution in [1.29, 1.82) is 0 Å². The Hall–Kier alpha value is -3.90. The summed E-state index contributed by atoms with van der Waals surface area (Å²) in [6.07, 6.45) is 6.49. The van der Waals surface area contributed by atoms with E-state index in [1.807, 2.05) is 66.2 Å². The molecule has 5 rings (SSSR count). The van der Waals surface area contributed by atoms with Crippen molar-refractivity contribution in [2.75, 3.05) is 19.8 Å². The molecule has 0 radical (unpaired) electrons. The number of hydrogen-bond acceptors (Lipinski definition) is 5. The molecule has 3 aromatic carbocycles. The molecule has 0 spiro atoms. The summed E-state index contributed by atoms with van der Waals surface area (Å²) in [6, 6.07) is 23.9. The Morgan fingerprint density at radius 2 is 1.68 bits per heavy atom. The van der Waals surface area contributed by atoms with Crippen LogP contribution in [0.3, 0.4) is 0 Å². The Kier molecular flexibility index (Phi) is 9.52. The van der Waals surface area contributed by atoms with Gasteiger partial charge in [-0.2, -0.15) is 0 Å². The van der Waals surface area contributed by atoms with E-state index in [9.17, 15) is 9.59 Å². The van der Waals surface area contributed by atoms with Gasteiger partial charge in [0.2, 0.25) is 0 Å². The zero-order valence-electron chi connectivity index (χ0n) is 24.0. The highest BCUT2D eigenvalue weighted by Gasteiger charge is 2.22. The maximum Gasteiger partial charge on any atom is 0.305 e. The Balaban J connectivity index is 1.28. The predicted octanol–water partition coefficient (Wildman–Crippen LogP) is 7.32. The lowest BCUT2D eigenvalue weighted by molar-refractivity contribution is -0.143. The van der Waals surface area contributed by atoms with Crippen LogP contribution in [0.5, 0.6) is 5.75 Å². The van der Waals surface area contributed by atoms with E-state index in [1.165, 1.54) is 18.4 Å². The van der Waals surface area contributed by atoms with Crippen molar-refractivity contribution in [2.24, 2.45) is 5.92 Å². The number of fused-ring (bicyclic) bond motifs is 1. The Morgan fingerprint density at radius 1 is 0.927 bits per heavy atom. The molecule has 1 atom stereocenters. The Labute approximate surface area is 242 Å². The number of esters is 1. The summed E-state index contributed by atoms with van der Waals surface area (Å²) in [4.78, 5) is 25.4. The number of rotatable bonds is 15. The summed E-state index contributed by atoms with van der Waals surface area (Å²) in [5, 5.41) is 0.899. The minimum Gasteiger partial charge on any atom is -0.483 e. The molecule has 0 amide bonds. The maximum atomic E-state index is 13.6. The number of para-hydroxylation sites is 1. The van der Waals surface area contributed by atoms with Gasteiger partial charge in [0.25, 0.3) is 0 Å². The van der Waals surface area contributed by atoms with E-state index in [0.717, 1.165) is 28.8 Å². The average molecular weight is 554 g/mol. The quantitative estimate of drug-likeness (QED) is 0.114. The lowest BCUT2D eigenvalue weighted by atomic mass is 10.0. The van der Waals surface area contributed by atoms with Crippen LogP contribution in [0.1, 0.15) is 72.7 Å². The van der Waals surface area contributed by atoms with Crippen molar-refractivity contribution in [2.45, 2.75) is 58.6 Å². The first-order valence-corrected chi connectivity index (χ1v) is 14.8. The van der Waals surface area contributed by atoms with E-state index in [-0.39, 0.29) is 17.9 Å². The van der Waals surface area contributed by atoms with Gasteiger partial charge in [0.1, 0.15) is 11.9 Å². The number of carbonyl (C=O) groups excluding carboxylic acids is 2. The molecule has 1 aliphatic rings. The SMILES string of the molecule is CCOC[C@H](Oc1ccc(C(=O)c2cn(CCCC(=O)OCC)c3ccccc23)cc1)c1ccc(CC2CC2)cc1. The van der Waals surface area contributed by atoms with E-state index in [2.05, 4.69) is 24.3 Å². The van der Waals surface area contributed by atoms with Crippen molar-refractivity contribution in [3.63, 3.8) is 0 Å². The maximum absolute atomic E-state index is 13.6. The van der Waals surface area contributed by atoms with E-state index < -0.39 is 0 Å². The summed E-state index contributed by atoms with van der Waals surface area (Å²) in [7, 11) is 0. The van der Waals surface area contributed by atoms with Crippen LogP contribution in [0, 0.1) is 5.92 Å². The first-order chi connectivity index (χ1) is 20.1. The molecule has 6 heteroatoms. The molecule has 1 aliphatic carbocycles. The highest BCUT2D eigenvalue weighted by molar-refractivity contribution is 6.16. The summed E-state index contributed by atoms with van der Waals surface area (Å²) in [6.45, 7) is 5.86. The lowest BCUT2D eigenvalue weighted by Crippen LogP contribution is -2.15. The molecule has 0 N–H and O–H groups in total. The van der Waals surface area contributed by atoms with Gasteiger partial charge in [0.05, 0.1) is 13.2 Å². The van der Waals surface area contributed by atoms with Gasteiger partial charge in [-0.3, -0.25) is 9.59 Å². The third-order valence-electron chi connectivity index (χ3n) is 7.56. The largest absolute Gasteiger partial charge is 0.483 e. The van der Waals surface area contributed by atoms with Gasteiger partial charge in [-0.05, 0) is 86.9 Å². The first-order valence-electron chi connectivity index (χ1n) is 14.8. The number of ether oxygens (including phenoxy) is 3. The standard InChI is InChI=1S/C35H39NO5/c1-3-39-24-33(27-15-13-26(14-16-27)22-25-11-12-25)41-29-19-17-28(18-20-29)35(38)31-23-36(21-7-10-34(37)40-4-2)32-9-6-5-8-30(31)32/h5-6,8-9,13-20,23,25,33H,3-4,7,10-12,21-22,24H2,1-2H3/t33-/m0/s1. The average Bonchev–Trinajstić information content (AvgIpc) is 3.74. The molecule has 41 heavy (non-hydrogen) atoms. The normalized spacial score (nSPS) is 13.7. The number of nitrogens with zero attached hydrogens (tertiary/aromatic N) is 1. The van der Waals surface area contributed by atoms with Gasteiger partial charge < -0.3 is 18.8 Å².